The Morgan fingerprint density at radius 1 is 1.10 bits per heavy atom. The highest BCUT2D eigenvalue weighted by Crippen LogP contribution is 2.26. The summed E-state index contributed by atoms with van der Waals surface area (Å²) in [6, 6.07) is 12.1. The Morgan fingerprint density at radius 3 is 2.70 bits per heavy atom. The Hall–Kier alpha value is -5.34. The number of aromatic nitrogens is 6. The predicted octanol–water partition coefficient (Wildman–Crippen LogP) is 3.60. The topological polar surface area (TPSA) is 134 Å². The molecule has 0 unspecified atom stereocenters. The number of fused-ring (bicyclic) bond motifs is 2. The first kappa shape index (κ1) is 25.0. The normalized spacial score (nSPS) is 11.8. The number of benzene rings is 1. The third kappa shape index (κ3) is 4.46. The molecule has 11 heteroatoms. The summed E-state index contributed by atoms with van der Waals surface area (Å²) in [5.41, 5.74) is 8.36. The van der Waals surface area contributed by atoms with Crippen LogP contribution in [0.2, 0.25) is 0 Å². The highest BCUT2D eigenvalue weighted by molar-refractivity contribution is 7.17. The van der Waals surface area contributed by atoms with Gasteiger partial charge in [0.15, 0.2) is 0 Å². The zero-order valence-corrected chi connectivity index (χ0v) is 22.3. The van der Waals surface area contributed by atoms with Gasteiger partial charge in [0, 0.05) is 36.4 Å². The lowest BCUT2D eigenvalue weighted by Gasteiger charge is -2.19. The molecule has 40 heavy (non-hydrogen) atoms. The molecule has 3 N–H and O–H groups in total. The maximum absolute atomic E-state index is 14.0. The van der Waals surface area contributed by atoms with Crippen LogP contribution in [0.4, 0.5) is 5.82 Å². The fourth-order valence-electron chi connectivity index (χ4n) is 4.45. The summed E-state index contributed by atoms with van der Waals surface area (Å²) >= 11 is 1.32. The molecule has 0 radical (unpaired) electrons. The average molecular weight is 547 g/mol. The Labute approximate surface area is 232 Å². The second-order valence-corrected chi connectivity index (χ2v) is 9.94. The van der Waals surface area contributed by atoms with Gasteiger partial charge in [0.1, 0.15) is 22.0 Å². The summed E-state index contributed by atoms with van der Waals surface area (Å²) in [4.78, 5) is 41.4. The van der Waals surface area contributed by atoms with Gasteiger partial charge in [0.05, 0.1) is 40.0 Å². The Balaban J connectivity index is 1.45. The van der Waals surface area contributed by atoms with Gasteiger partial charge in [-0.1, -0.05) is 30.0 Å². The van der Waals surface area contributed by atoms with Gasteiger partial charge in [-0.2, -0.15) is 5.10 Å². The van der Waals surface area contributed by atoms with Crippen molar-refractivity contribution in [3.05, 3.63) is 106 Å². The van der Waals surface area contributed by atoms with E-state index in [4.69, 9.17) is 10.7 Å². The summed E-state index contributed by atoms with van der Waals surface area (Å²) in [6.45, 7) is 1.77. The molecular weight excluding hydrogens is 524 g/mol. The molecule has 1 aromatic carbocycles. The lowest BCUT2D eigenvalue weighted by molar-refractivity contribution is 0.0940. The summed E-state index contributed by atoms with van der Waals surface area (Å²) in [6.07, 6.45) is 6.64. The van der Waals surface area contributed by atoms with Crippen molar-refractivity contribution in [1.82, 2.24) is 34.6 Å². The van der Waals surface area contributed by atoms with Crippen molar-refractivity contribution in [1.29, 1.82) is 0 Å². The molecule has 6 aromatic rings. The Kier molecular flexibility index (Phi) is 6.30. The van der Waals surface area contributed by atoms with Crippen LogP contribution in [0, 0.1) is 11.8 Å². The molecule has 5 heterocycles. The SMILES string of the molecule is C[C@@H](NC(=O)c1c(N)ncc2cccnc12)c1nc2scc(C#Cc3cnn(C)c3)c2c(=O)n1-c1ccccc1. The number of nitrogen functional groups attached to an aromatic ring is 1. The molecule has 196 valence electrons. The van der Waals surface area contributed by atoms with Crippen molar-refractivity contribution in [2.24, 2.45) is 7.05 Å². The number of hydrogen-bond donors (Lipinski definition) is 2. The number of pyridine rings is 2. The minimum atomic E-state index is -0.671. The van der Waals surface area contributed by atoms with Gasteiger partial charge in [-0.05, 0) is 31.2 Å². The van der Waals surface area contributed by atoms with E-state index in [2.05, 4.69) is 32.2 Å². The fourth-order valence-corrected chi connectivity index (χ4v) is 5.32. The molecule has 0 aliphatic rings. The van der Waals surface area contributed by atoms with Crippen molar-refractivity contribution in [3.63, 3.8) is 0 Å². The molecule has 0 saturated heterocycles. The number of para-hydroxylation sites is 1. The van der Waals surface area contributed by atoms with Crippen LogP contribution in [0.1, 0.15) is 40.3 Å². The van der Waals surface area contributed by atoms with Gasteiger partial charge < -0.3 is 11.1 Å². The number of nitrogens with zero attached hydrogens (tertiary/aromatic N) is 6. The minimum Gasteiger partial charge on any atom is -0.383 e. The maximum Gasteiger partial charge on any atom is 0.268 e. The predicted molar refractivity (Wildman–Crippen MR) is 154 cm³/mol. The molecule has 6 rings (SSSR count). The number of nitrogens with one attached hydrogen (secondary N) is 1. The number of carbonyl (C=O) groups excluding carboxylic acids is 1. The first-order valence-corrected chi connectivity index (χ1v) is 13.2. The zero-order valence-electron chi connectivity index (χ0n) is 21.5. The van der Waals surface area contributed by atoms with Gasteiger partial charge in [-0.3, -0.25) is 23.8 Å². The van der Waals surface area contributed by atoms with Crippen LogP contribution in [-0.4, -0.2) is 35.2 Å². The summed E-state index contributed by atoms with van der Waals surface area (Å²) < 4.78 is 3.18. The lowest BCUT2D eigenvalue weighted by Crippen LogP contribution is -2.33. The van der Waals surface area contributed by atoms with Crippen LogP contribution in [-0.2, 0) is 7.05 Å². The molecule has 1 amide bonds. The van der Waals surface area contributed by atoms with Crippen LogP contribution < -0.4 is 16.6 Å². The van der Waals surface area contributed by atoms with E-state index in [1.54, 1.807) is 42.5 Å². The molecule has 0 spiro atoms. The molecule has 0 aliphatic carbocycles. The van der Waals surface area contributed by atoms with Crippen LogP contribution in [0.15, 0.2) is 77.4 Å². The van der Waals surface area contributed by atoms with Crippen LogP contribution in [0.25, 0.3) is 26.8 Å². The molecule has 10 nitrogen and oxygen atoms in total. The van der Waals surface area contributed by atoms with E-state index < -0.39 is 11.9 Å². The summed E-state index contributed by atoms with van der Waals surface area (Å²) in [5, 5.41) is 10.0. The first-order valence-electron chi connectivity index (χ1n) is 12.3. The molecular formula is C29H22N8O2S. The fraction of sp³-hybridized carbons (Fsp3) is 0.103. The van der Waals surface area contributed by atoms with Gasteiger partial charge in [-0.15, -0.1) is 11.3 Å². The van der Waals surface area contributed by atoms with Crippen LogP contribution >= 0.6 is 11.3 Å². The first-order chi connectivity index (χ1) is 19.4. The third-order valence-corrected chi connectivity index (χ3v) is 7.20. The third-order valence-electron chi connectivity index (χ3n) is 6.33. The minimum absolute atomic E-state index is 0.0647. The van der Waals surface area contributed by atoms with E-state index in [0.29, 0.717) is 38.2 Å². The Morgan fingerprint density at radius 2 is 1.93 bits per heavy atom. The molecule has 0 aliphatic heterocycles. The number of hydrogen-bond acceptors (Lipinski definition) is 8. The number of thiophene rings is 1. The number of rotatable bonds is 4. The summed E-state index contributed by atoms with van der Waals surface area (Å²) in [7, 11) is 1.82. The van der Waals surface area contributed by atoms with Crippen molar-refractivity contribution >= 4 is 44.2 Å². The highest BCUT2D eigenvalue weighted by atomic mass is 32.1. The molecule has 0 bridgehead atoms. The van der Waals surface area contributed by atoms with Gasteiger partial charge in [-0.25, -0.2) is 9.97 Å². The second-order valence-electron chi connectivity index (χ2n) is 9.08. The van der Waals surface area contributed by atoms with E-state index in [1.807, 2.05) is 48.8 Å². The lowest BCUT2D eigenvalue weighted by atomic mass is 10.1. The number of anilines is 1. The monoisotopic (exact) mass is 546 g/mol. The smallest absolute Gasteiger partial charge is 0.268 e. The number of carbonyl (C=O) groups is 1. The van der Waals surface area contributed by atoms with Crippen LogP contribution in [0.5, 0.6) is 0 Å². The standard InChI is InChI=1S/C29H22N8O2S/c1-17(34-27(38)23-24-19(7-6-12-31-24)14-32-25(23)30)26-35-28-22(29(39)37(26)21-8-4-3-5-9-21)20(16-40-28)11-10-18-13-33-36(2)15-18/h3-9,12-17H,1-2H3,(H2,30,32)(H,34,38)/t17-/m1/s1. The molecule has 0 fully saturated rings. The van der Waals surface area contributed by atoms with E-state index in [0.717, 1.165) is 5.56 Å². The average Bonchev–Trinajstić information content (AvgIpc) is 3.57. The second kappa shape index (κ2) is 10.1. The van der Waals surface area contributed by atoms with E-state index in [9.17, 15) is 9.59 Å². The van der Waals surface area contributed by atoms with E-state index in [1.165, 1.54) is 15.9 Å². The van der Waals surface area contributed by atoms with Crippen molar-refractivity contribution in [2.45, 2.75) is 13.0 Å². The van der Waals surface area contributed by atoms with E-state index >= 15 is 0 Å². The molecule has 0 saturated carbocycles. The molecule has 1 atom stereocenters. The number of amides is 1. The van der Waals surface area contributed by atoms with Crippen LogP contribution in [0.3, 0.4) is 0 Å². The van der Waals surface area contributed by atoms with Crippen molar-refractivity contribution in [3.8, 4) is 17.5 Å². The van der Waals surface area contributed by atoms with Crippen molar-refractivity contribution in [2.75, 3.05) is 5.73 Å². The molecule has 5 aromatic heterocycles. The summed E-state index contributed by atoms with van der Waals surface area (Å²) in [5.74, 6) is 6.13. The zero-order chi connectivity index (χ0) is 27.8. The maximum atomic E-state index is 14.0. The van der Waals surface area contributed by atoms with Gasteiger partial charge >= 0.3 is 0 Å². The Bertz CT molecular complexity index is 2030. The van der Waals surface area contributed by atoms with Gasteiger partial charge in [0.25, 0.3) is 11.5 Å². The largest absolute Gasteiger partial charge is 0.383 e. The van der Waals surface area contributed by atoms with Crippen molar-refractivity contribution < 1.29 is 4.79 Å². The van der Waals surface area contributed by atoms with Gasteiger partial charge in [0.2, 0.25) is 0 Å². The number of nitrogens with two attached hydrogens (primary N) is 1. The quantitative estimate of drug-likeness (QED) is 0.323. The van der Waals surface area contributed by atoms with E-state index in [-0.39, 0.29) is 16.9 Å². The number of aryl methyl sites for hydroxylation is 1. The highest BCUT2D eigenvalue weighted by Gasteiger charge is 2.24.